The van der Waals surface area contributed by atoms with Gasteiger partial charge in [0.05, 0.1) is 12.2 Å². The summed E-state index contributed by atoms with van der Waals surface area (Å²) in [6, 6.07) is 4.48. The highest BCUT2D eigenvalue weighted by Crippen LogP contribution is 2.16. The summed E-state index contributed by atoms with van der Waals surface area (Å²) in [6.07, 6.45) is 0. The van der Waals surface area contributed by atoms with Crippen LogP contribution in [0.4, 0.5) is 4.39 Å². The number of benzene rings is 1. The molecule has 96 valence electrons. The van der Waals surface area contributed by atoms with Gasteiger partial charge in [-0.05, 0) is 38.5 Å². The number of hydrogen-bond acceptors (Lipinski definition) is 3. The Labute approximate surface area is 102 Å². The largest absolute Gasteiger partial charge is 0.491 e. The molecule has 3 nitrogen and oxygen atoms in total. The van der Waals surface area contributed by atoms with Gasteiger partial charge in [0.25, 0.3) is 0 Å². The zero-order valence-electron chi connectivity index (χ0n) is 10.6. The molecule has 0 unspecified atom stereocenters. The van der Waals surface area contributed by atoms with Crippen molar-refractivity contribution in [2.75, 3.05) is 13.2 Å². The van der Waals surface area contributed by atoms with Crippen LogP contribution in [0.5, 0.6) is 5.75 Å². The molecule has 0 saturated heterocycles. The summed E-state index contributed by atoms with van der Waals surface area (Å²) < 4.78 is 24.0. The second-order valence-electron chi connectivity index (χ2n) is 4.81. The van der Waals surface area contributed by atoms with Gasteiger partial charge < -0.3 is 15.2 Å². The van der Waals surface area contributed by atoms with Crippen molar-refractivity contribution in [1.82, 2.24) is 0 Å². The van der Waals surface area contributed by atoms with Crippen molar-refractivity contribution in [3.05, 3.63) is 29.6 Å². The van der Waals surface area contributed by atoms with Crippen molar-refractivity contribution in [2.45, 2.75) is 32.9 Å². The van der Waals surface area contributed by atoms with E-state index in [1.165, 1.54) is 12.1 Å². The molecule has 0 fully saturated rings. The van der Waals surface area contributed by atoms with Gasteiger partial charge in [-0.2, -0.15) is 0 Å². The average Bonchev–Trinajstić information content (AvgIpc) is 2.22. The maximum Gasteiger partial charge on any atom is 0.127 e. The zero-order chi connectivity index (χ0) is 12.9. The van der Waals surface area contributed by atoms with E-state index in [4.69, 9.17) is 15.2 Å². The van der Waals surface area contributed by atoms with Gasteiger partial charge in [0.2, 0.25) is 0 Å². The van der Waals surface area contributed by atoms with Crippen LogP contribution in [0.3, 0.4) is 0 Å². The fourth-order valence-electron chi connectivity index (χ4n) is 1.33. The molecule has 17 heavy (non-hydrogen) atoms. The lowest BCUT2D eigenvalue weighted by Crippen LogP contribution is -2.22. The first-order chi connectivity index (χ1) is 7.90. The first-order valence-corrected chi connectivity index (χ1v) is 5.67. The van der Waals surface area contributed by atoms with Crippen molar-refractivity contribution >= 4 is 0 Å². The standard InChI is InChI=1S/C13H20FNO2/c1-13(2,3)17-5-4-16-12-7-10(9-15)6-11(14)8-12/h6-8H,4-5,9,15H2,1-3H3. The summed E-state index contributed by atoms with van der Waals surface area (Å²) in [7, 11) is 0. The third-order valence-electron chi connectivity index (χ3n) is 2.05. The van der Waals surface area contributed by atoms with Gasteiger partial charge in [0.15, 0.2) is 0 Å². The minimum Gasteiger partial charge on any atom is -0.491 e. The van der Waals surface area contributed by atoms with Crippen molar-refractivity contribution in [3.8, 4) is 5.75 Å². The van der Waals surface area contributed by atoms with Crippen LogP contribution in [-0.4, -0.2) is 18.8 Å². The molecular weight excluding hydrogens is 221 g/mol. The van der Waals surface area contributed by atoms with Crippen molar-refractivity contribution < 1.29 is 13.9 Å². The molecule has 0 saturated carbocycles. The molecule has 0 heterocycles. The van der Waals surface area contributed by atoms with E-state index < -0.39 is 0 Å². The monoisotopic (exact) mass is 241 g/mol. The van der Waals surface area contributed by atoms with E-state index in [9.17, 15) is 4.39 Å². The average molecular weight is 241 g/mol. The van der Waals surface area contributed by atoms with Gasteiger partial charge >= 0.3 is 0 Å². The Kier molecular flexibility index (Phi) is 4.90. The molecule has 1 aromatic rings. The van der Waals surface area contributed by atoms with E-state index in [0.717, 1.165) is 5.56 Å². The van der Waals surface area contributed by atoms with E-state index in [-0.39, 0.29) is 11.4 Å². The van der Waals surface area contributed by atoms with Gasteiger partial charge in [-0.15, -0.1) is 0 Å². The first-order valence-electron chi connectivity index (χ1n) is 5.67. The molecular formula is C13H20FNO2. The Hall–Kier alpha value is -1.13. The van der Waals surface area contributed by atoms with Crippen LogP contribution in [0.2, 0.25) is 0 Å². The Balaban J connectivity index is 2.44. The Morgan fingerprint density at radius 3 is 2.47 bits per heavy atom. The number of nitrogens with two attached hydrogens (primary N) is 1. The van der Waals surface area contributed by atoms with Crippen LogP contribution in [0.25, 0.3) is 0 Å². The smallest absolute Gasteiger partial charge is 0.127 e. The Morgan fingerprint density at radius 1 is 1.18 bits per heavy atom. The lowest BCUT2D eigenvalue weighted by molar-refractivity contribution is -0.0163. The predicted molar refractivity (Wildman–Crippen MR) is 65.5 cm³/mol. The molecule has 2 N–H and O–H groups in total. The molecule has 0 amide bonds. The fraction of sp³-hybridized carbons (Fsp3) is 0.538. The molecule has 0 aliphatic rings. The second-order valence-corrected chi connectivity index (χ2v) is 4.81. The number of ether oxygens (including phenoxy) is 2. The van der Waals surface area contributed by atoms with Gasteiger partial charge in [0.1, 0.15) is 18.2 Å². The Bertz CT molecular complexity index is 361. The molecule has 0 aromatic heterocycles. The molecule has 0 aliphatic carbocycles. The lowest BCUT2D eigenvalue weighted by Gasteiger charge is -2.19. The Morgan fingerprint density at radius 2 is 1.88 bits per heavy atom. The highest BCUT2D eigenvalue weighted by molar-refractivity contribution is 5.29. The SMILES string of the molecule is CC(C)(C)OCCOc1cc(F)cc(CN)c1. The minimum atomic E-state index is -0.334. The van der Waals surface area contributed by atoms with Crippen molar-refractivity contribution in [3.63, 3.8) is 0 Å². The molecule has 1 aromatic carbocycles. The molecule has 0 atom stereocenters. The molecule has 0 spiro atoms. The van der Waals surface area contributed by atoms with Gasteiger partial charge in [-0.1, -0.05) is 0 Å². The number of hydrogen-bond donors (Lipinski definition) is 1. The van der Waals surface area contributed by atoms with Crippen molar-refractivity contribution in [2.24, 2.45) is 5.73 Å². The molecule has 0 bridgehead atoms. The van der Waals surface area contributed by atoms with E-state index >= 15 is 0 Å². The third kappa shape index (κ3) is 5.65. The molecule has 0 radical (unpaired) electrons. The first kappa shape index (κ1) is 13.9. The highest BCUT2D eigenvalue weighted by atomic mass is 19.1. The third-order valence-corrected chi connectivity index (χ3v) is 2.05. The summed E-state index contributed by atoms with van der Waals surface area (Å²) in [6.45, 7) is 7.08. The lowest BCUT2D eigenvalue weighted by atomic mass is 10.2. The maximum absolute atomic E-state index is 13.1. The van der Waals surface area contributed by atoms with Crippen LogP contribution >= 0.6 is 0 Å². The quantitative estimate of drug-likeness (QED) is 0.805. The molecule has 0 aliphatic heterocycles. The zero-order valence-corrected chi connectivity index (χ0v) is 10.6. The van der Waals surface area contributed by atoms with Gasteiger partial charge in [0, 0.05) is 12.6 Å². The molecule has 1 rings (SSSR count). The minimum absolute atomic E-state index is 0.187. The summed E-state index contributed by atoms with van der Waals surface area (Å²) in [5.41, 5.74) is 5.99. The summed E-state index contributed by atoms with van der Waals surface area (Å²) >= 11 is 0. The number of rotatable bonds is 5. The summed E-state index contributed by atoms with van der Waals surface area (Å²) in [5, 5.41) is 0. The fourth-order valence-corrected chi connectivity index (χ4v) is 1.33. The second kappa shape index (κ2) is 5.98. The van der Waals surface area contributed by atoms with Crippen LogP contribution < -0.4 is 10.5 Å². The normalized spacial score (nSPS) is 11.6. The summed E-state index contributed by atoms with van der Waals surface area (Å²) in [4.78, 5) is 0. The van der Waals surface area contributed by atoms with Crippen molar-refractivity contribution in [1.29, 1.82) is 0 Å². The summed E-state index contributed by atoms with van der Waals surface area (Å²) in [5.74, 6) is 0.155. The van der Waals surface area contributed by atoms with Gasteiger partial charge in [-0.3, -0.25) is 0 Å². The van der Waals surface area contributed by atoms with E-state index in [2.05, 4.69) is 0 Å². The van der Waals surface area contributed by atoms with E-state index in [0.29, 0.717) is 25.5 Å². The van der Waals surface area contributed by atoms with Crippen LogP contribution in [0.15, 0.2) is 18.2 Å². The topological polar surface area (TPSA) is 44.5 Å². The van der Waals surface area contributed by atoms with Crippen LogP contribution in [0, 0.1) is 5.82 Å². The molecule has 4 heteroatoms. The maximum atomic E-state index is 13.1. The van der Waals surface area contributed by atoms with Gasteiger partial charge in [-0.25, -0.2) is 4.39 Å². The van der Waals surface area contributed by atoms with E-state index in [1.54, 1.807) is 6.07 Å². The van der Waals surface area contributed by atoms with E-state index in [1.807, 2.05) is 20.8 Å². The highest BCUT2D eigenvalue weighted by Gasteiger charge is 2.09. The van der Waals surface area contributed by atoms with Crippen LogP contribution in [-0.2, 0) is 11.3 Å². The predicted octanol–water partition coefficient (Wildman–Crippen LogP) is 2.48. The van der Waals surface area contributed by atoms with Crippen LogP contribution in [0.1, 0.15) is 26.3 Å². The number of halogens is 1.